The highest BCUT2D eigenvalue weighted by Gasteiger charge is 2.50. The van der Waals surface area contributed by atoms with Crippen molar-refractivity contribution in [3.63, 3.8) is 0 Å². The third kappa shape index (κ3) is 4.79. The van der Waals surface area contributed by atoms with E-state index in [1.165, 1.54) is 0 Å². The van der Waals surface area contributed by atoms with Gasteiger partial charge in [-0.3, -0.25) is 4.55 Å². The van der Waals surface area contributed by atoms with Crippen LogP contribution in [0.5, 0.6) is 0 Å². The van der Waals surface area contributed by atoms with Gasteiger partial charge in [0.25, 0.3) is 0 Å². The summed E-state index contributed by atoms with van der Waals surface area (Å²) in [6, 6.07) is 0. The second-order valence-corrected chi connectivity index (χ2v) is 7.86. The summed E-state index contributed by atoms with van der Waals surface area (Å²) in [4.78, 5) is 0. The van der Waals surface area contributed by atoms with Crippen LogP contribution < -0.4 is 0 Å². The highest BCUT2D eigenvalue weighted by molar-refractivity contribution is 7.97. The molecule has 1 heterocycles. The summed E-state index contributed by atoms with van der Waals surface area (Å²) in [7, 11) is -5.59. The van der Waals surface area contributed by atoms with E-state index in [1.807, 2.05) is 0 Å². The average molecular weight is 335 g/mol. The SMILES string of the molecule is O=S(=O)(O)O[C@H](CO)[C@@H](O)C[S+]1C[C@@H](O)[C@H](O)[C@@H]1CO. The first-order chi connectivity index (χ1) is 9.19. The molecular formula is C9H19O9S2+. The summed E-state index contributed by atoms with van der Waals surface area (Å²) in [5.74, 6) is 0.0631. The van der Waals surface area contributed by atoms with Crippen molar-refractivity contribution in [2.24, 2.45) is 0 Å². The normalized spacial score (nSPS) is 34.1. The number of rotatable bonds is 7. The lowest BCUT2D eigenvalue weighted by molar-refractivity contribution is 0.0112. The Morgan fingerprint density at radius 1 is 1.30 bits per heavy atom. The fraction of sp³-hybridized carbons (Fsp3) is 1.00. The number of hydrogen-bond donors (Lipinski definition) is 6. The Kier molecular flexibility index (Phi) is 6.63. The number of hydrogen-bond acceptors (Lipinski definition) is 8. The van der Waals surface area contributed by atoms with Crippen LogP contribution in [0.1, 0.15) is 0 Å². The van der Waals surface area contributed by atoms with Gasteiger partial charge in [0.05, 0.1) is 13.2 Å². The zero-order valence-corrected chi connectivity index (χ0v) is 12.1. The van der Waals surface area contributed by atoms with E-state index in [-0.39, 0.29) is 11.5 Å². The molecule has 6 atom stereocenters. The molecule has 11 heteroatoms. The molecule has 0 radical (unpaired) electrons. The standard InChI is InChI=1S/C9H18O9S2/c10-1-7(18-20(15,16)17)5(12)3-19-4-6(13)9(14)8(19)2-11/h5-14H,1-4H2/p+1/t5-,6+,7+,8-,9-,19?/m0/s1. The molecule has 0 aromatic carbocycles. The molecule has 0 saturated carbocycles. The maximum Gasteiger partial charge on any atom is 0.397 e. The zero-order chi connectivity index (χ0) is 15.5. The van der Waals surface area contributed by atoms with Crippen LogP contribution in [0.15, 0.2) is 0 Å². The third-order valence-corrected chi connectivity index (χ3v) is 6.32. The minimum absolute atomic E-state index is 0.0832. The minimum Gasteiger partial charge on any atom is -0.394 e. The largest absolute Gasteiger partial charge is 0.397 e. The summed E-state index contributed by atoms with van der Waals surface area (Å²) < 4.78 is 33.8. The summed E-state index contributed by atoms with van der Waals surface area (Å²) in [6.45, 7) is -1.23. The first-order valence-corrected chi connectivity index (χ1v) is 8.76. The van der Waals surface area contributed by atoms with Gasteiger partial charge in [0.15, 0.2) is 5.25 Å². The molecule has 9 nitrogen and oxygen atoms in total. The van der Waals surface area contributed by atoms with E-state index in [4.69, 9.17) is 14.8 Å². The predicted molar refractivity (Wildman–Crippen MR) is 69.5 cm³/mol. The van der Waals surface area contributed by atoms with Crippen molar-refractivity contribution in [2.75, 3.05) is 24.7 Å². The van der Waals surface area contributed by atoms with Crippen molar-refractivity contribution in [3.8, 4) is 0 Å². The summed E-state index contributed by atoms with van der Waals surface area (Å²) in [5, 5.41) is 46.4. The van der Waals surface area contributed by atoms with Gasteiger partial charge in [-0.05, 0) is 0 Å². The maximum absolute atomic E-state index is 10.6. The molecule has 20 heavy (non-hydrogen) atoms. The highest BCUT2D eigenvalue weighted by Crippen LogP contribution is 2.25. The van der Waals surface area contributed by atoms with E-state index < -0.39 is 64.2 Å². The van der Waals surface area contributed by atoms with Crippen LogP contribution in [0.4, 0.5) is 0 Å². The van der Waals surface area contributed by atoms with Gasteiger partial charge in [-0.15, -0.1) is 0 Å². The monoisotopic (exact) mass is 335 g/mol. The molecule has 1 aliphatic rings. The van der Waals surface area contributed by atoms with Gasteiger partial charge in [0.1, 0.15) is 35.9 Å². The quantitative estimate of drug-likeness (QED) is 0.202. The van der Waals surface area contributed by atoms with Crippen molar-refractivity contribution >= 4 is 21.3 Å². The topological polar surface area (TPSA) is 165 Å². The van der Waals surface area contributed by atoms with Gasteiger partial charge >= 0.3 is 10.4 Å². The molecule has 0 aromatic heterocycles. The van der Waals surface area contributed by atoms with Crippen molar-refractivity contribution in [2.45, 2.75) is 29.7 Å². The summed E-state index contributed by atoms with van der Waals surface area (Å²) in [6.07, 6.45) is -5.13. The molecule has 120 valence electrons. The second-order valence-electron chi connectivity index (χ2n) is 4.46. The second kappa shape index (κ2) is 7.33. The predicted octanol–water partition coefficient (Wildman–Crippen LogP) is -3.76. The van der Waals surface area contributed by atoms with E-state index in [0.29, 0.717) is 0 Å². The first-order valence-electron chi connectivity index (χ1n) is 5.77. The Morgan fingerprint density at radius 3 is 2.35 bits per heavy atom. The van der Waals surface area contributed by atoms with Gasteiger partial charge in [-0.25, -0.2) is 4.18 Å². The van der Waals surface area contributed by atoms with E-state index in [0.717, 1.165) is 0 Å². The molecule has 0 spiro atoms. The third-order valence-electron chi connectivity index (χ3n) is 3.01. The fourth-order valence-electron chi connectivity index (χ4n) is 1.99. The summed E-state index contributed by atoms with van der Waals surface area (Å²) in [5.41, 5.74) is 0. The van der Waals surface area contributed by atoms with Crippen molar-refractivity contribution in [3.05, 3.63) is 0 Å². The number of aliphatic hydroxyl groups excluding tert-OH is 5. The molecule has 1 fully saturated rings. The van der Waals surface area contributed by atoms with E-state index in [9.17, 15) is 23.7 Å². The van der Waals surface area contributed by atoms with Gasteiger partial charge in [0.2, 0.25) is 0 Å². The van der Waals surface area contributed by atoms with E-state index >= 15 is 0 Å². The van der Waals surface area contributed by atoms with Gasteiger partial charge < -0.3 is 25.5 Å². The van der Waals surface area contributed by atoms with Crippen LogP contribution in [0, 0.1) is 0 Å². The maximum atomic E-state index is 10.6. The Hall–Kier alpha value is 0.0200. The minimum atomic E-state index is -4.82. The molecule has 0 aromatic rings. The van der Waals surface area contributed by atoms with Crippen LogP contribution >= 0.6 is 0 Å². The van der Waals surface area contributed by atoms with Crippen molar-refractivity contribution in [1.82, 2.24) is 0 Å². The molecule has 1 unspecified atom stereocenters. The lowest BCUT2D eigenvalue weighted by Crippen LogP contribution is -2.42. The van der Waals surface area contributed by atoms with Crippen LogP contribution in [0.25, 0.3) is 0 Å². The van der Waals surface area contributed by atoms with Crippen LogP contribution in [-0.2, 0) is 25.5 Å². The van der Waals surface area contributed by atoms with Crippen LogP contribution in [-0.4, -0.2) is 92.9 Å². The van der Waals surface area contributed by atoms with E-state index in [2.05, 4.69) is 4.18 Å². The summed E-state index contributed by atoms with van der Waals surface area (Å²) >= 11 is 0. The molecule has 0 bridgehead atoms. The lowest BCUT2D eigenvalue weighted by atomic mass is 10.2. The lowest BCUT2D eigenvalue weighted by Gasteiger charge is -2.20. The van der Waals surface area contributed by atoms with E-state index in [1.54, 1.807) is 0 Å². The van der Waals surface area contributed by atoms with Gasteiger partial charge in [-0.2, -0.15) is 8.42 Å². The van der Waals surface area contributed by atoms with Crippen molar-refractivity contribution < 1.29 is 42.7 Å². The average Bonchev–Trinajstić information content (AvgIpc) is 2.60. The molecule has 1 saturated heterocycles. The molecular weight excluding hydrogens is 316 g/mol. The molecule has 1 aliphatic heterocycles. The zero-order valence-electron chi connectivity index (χ0n) is 10.4. The molecule has 1 rings (SSSR count). The van der Waals surface area contributed by atoms with Gasteiger partial charge in [0, 0.05) is 10.9 Å². The molecule has 6 N–H and O–H groups in total. The molecule has 0 aliphatic carbocycles. The van der Waals surface area contributed by atoms with Gasteiger partial charge in [-0.1, -0.05) is 0 Å². The smallest absolute Gasteiger partial charge is 0.394 e. The van der Waals surface area contributed by atoms with Crippen LogP contribution in [0.3, 0.4) is 0 Å². The van der Waals surface area contributed by atoms with Crippen molar-refractivity contribution in [1.29, 1.82) is 0 Å². The molecule has 0 amide bonds. The fourth-order valence-corrected chi connectivity index (χ4v) is 5.20. The number of aliphatic hydroxyl groups is 5. The Balaban J connectivity index is 2.66. The Bertz CT molecular complexity index is 400. The Morgan fingerprint density at radius 2 is 1.90 bits per heavy atom. The first kappa shape index (κ1) is 18.1. The van der Waals surface area contributed by atoms with Crippen LogP contribution in [0.2, 0.25) is 0 Å². The highest BCUT2D eigenvalue weighted by atomic mass is 32.3. The Labute approximate surface area is 119 Å².